The molecule has 2 heteroatoms. The number of aliphatic hydroxyl groups is 2. The van der Waals surface area contributed by atoms with Crippen molar-refractivity contribution in [3.05, 3.63) is 71.8 Å². The molecule has 2 rings (SSSR count). The third kappa shape index (κ3) is 3.16. The quantitative estimate of drug-likeness (QED) is 0.844. The fourth-order valence-electron chi connectivity index (χ4n) is 1.83. The van der Waals surface area contributed by atoms with Crippen molar-refractivity contribution in [1.82, 2.24) is 0 Å². The molecule has 0 amide bonds. The zero-order valence-corrected chi connectivity index (χ0v) is 9.53. The Kier molecular flexibility index (Phi) is 3.91. The molecule has 0 bridgehead atoms. The summed E-state index contributed by atoms with van der Waals surface area (Å²) in [5, 5.41) is 20.0. The van der Waals surface area contributed by atoms with Crippen LogP contribution in [0.2, 0.25) is 0 Å². The highest BCUT2D eigenvalue weighted by molar-refractivity contribution is 5.20. The van der Waals surface area contributed by atoms with Gasteiger partial charge in [0.05, 0.1) is 12.2 Å². The van der Waals surface area contributed by atoms with Crippen molar-refractivity contribution >= 4 is 0 Å². The van der Waals surface area contributed by atoms with Crippen molar-refractivity contribution in [2.24, 2.45) is 0 Å². The maximum atomic E-state index is 9.99. The first-order valence-corrected chi connectivity index (χ1v) is 5.73. The number of rotatable bonds is 4. The predicted octanol–water partition coefficient (Wildman–Crippen LogP) is 2.84. The van der Waals surface area contributed by atoms with Gasteiger partial charge in [0.15, 0.2) is 0 Å². The molecule has 0 aliphatic heterocycles. The molecule has 2 nitrogen and oxygen atoms in total. The summed E-state index contributed by atoms with van der Waals surface area (Å²) in [6.07, 6.45) is -0.952. The van der Waals surface area contributed by atoms with E-state index >= 15 is 0 Å². The average molecular weight is 228 g/mol. The summed E-state index contributed by atoms with van der Waals surface area (Å²) in [5.74, 6) is 0. The van der Waals surface area contributed by atoms with Gasteiger partial charge in [-0.25, -0.2) is 0 Å². The molecular formula is C15H16O2. The smallest absolute Gasteiger partial charge is 0.0818 e. The van der Waals surface area contributed by atoms with Crippen LogP contribution in [0.1, 0.15) is 29.8 Å². The van der Waals surface area contributed by atoms with Gasteiger partial charge >= 0.3 is 0 Å². The van der Waals surface area contributed by atoms with Gasteiger partial charge in [-0.15, -0.1) is 0 Å². The Labute approximate surface area is 101 Å². The lowest BCUT2D eigenvalue weighted by Crippen LogP contribution is -2.05. The van der Waals surface area contributed by atoms with E-state index in [9.17, 15) is 10.2 Å². The van der Waals surface area contributed by atoms with Crippen molar-refractivity contribution in [3.63, 3.8) is 0 Å². The summed E-state index contributed by atoms with van der Waals surface area (Å²) >= 11 is 0. The number of benzene rings is 2. The van der Waals surface area contributed by atoms with E-state index in [2.05, 4.69) is 0 Å². The first-order valence-electron chi connectivity index (χ1n) is 5.73. The van der Waals surface area contributed by atoms with Crippen LogP contribution in [-0.4, -0.2) is 10.2 Å². The van der Waals surface area contributed by atoms with Gasteiger partial charge in [0.2, 0.25) is 0 Å². The van der Waals surface area contributed by atoms with Crippen LogP contribution in [0.3, 0.4) is 0 Å². The molecule has 0 fully saturated rings. The lowest BCUT2D eigenvalue weighted by Gasteiger charge is -2.16. The fourth-order valence-corrected chi connectivity index (χ4v) is 1.83. The molecule has 0 saturated carbocycles. The number of hydrogen-bond donors (Lipinski definition) is 2. The molecule has 1 unspecified atom stereocenters. The molecule has 2 aromatic rings. The maximum Gasteiger partial charge on any atom is 0.0818 e. The molecule has 2 atom stereocenters. The molecule has 17 heavy (non-hydrogen) atoms. The van der Waals surface area contributed by atoms with E-state index in [0.717, 1.165) is 11.1 Å². The highest BCUT2D eigenvalue weighted by Gasteiger charge is 2.14. The topological polar surface area (TPSA) is 40.5 Å². The lowest BCUT2D eigenvalue weighted by atomic mass is 9.99. The Balaban J connectivity index is 2.02. The molecule has 2 N–H and O–H groups in total. The van der Waals surface area contributed by atoms with Crippen molar-refractivity contribution in [2.45, 2.75) is 18.6 Å². The Morgan fingerprint density at radius 3 is 1.35 bits per heavy atom. The molecule has 0 heterocycles. The Bertz CT molecular complexity index is 395. The summed E-state index contributed by atoms with van der Waals surface area (Å²) in [5.41, 5.74) is 1.67. The van der Waals surface area contributed by atoms with Gasteiger partial charge in [0.1, 0.15) is 0 Å². The van der Waals surface area contributed by atoms with E-state index in [1.54, 1.807) is 0 Å². The molecule has 2 aromatic carbocycles. The van der Waals surface area contributed by atoms with Crippen LogP contribution in [0, 0.1) is 0 Å². The van der Waals surface area contributed by atoms with Crippen molar-refractivity contribution in [2.75, 3.05) is 0 Å². The third-order valence-electron chi connectivity index (χ3n) is 2.82. The van der Waals surface area contributed by atoms with Crippen LogP contribution >= 0.6 is 0 Å². The van der Waals surface area contributed by atoms with Crippen LogP contribution in [0.4, 0.5) is 0 Å². The highest BCUT2D eigenvalue weighted by atomic mass is 16.3. The van der Waals surface area contributed by atoms with E-state index in [1.807, 2.05) is 60.7 Å². The lowest BCUT2D eigenvalue weighted by molar-refractivity contribution is 0.0804. The molecule has 0 spiro atoms. The van der Waals surface area contributed by atoms with Crippen molar-refractivity contribution < 1.29 is 10.2 Å². The monoisotopic (exact) mass is 228 g/mol. The minimum absolute atomic E-state index is 0.314. The van der Waals surface area contributed by atoms with E-state index in [1.165, 1.54) is 0 Å². The Hall–Kier alpha value is -1.64. The molecule has 0 saturated heterocycles. The largest absolute Gasteiger partial charge is 0.388 e. The second-order valence-corrected chi connectivity index (χ2v) is 4.09. The maximum absolute atomic E-state index is 9.99. The van der Waals surface area contributed by atoms with Gasteiger partial charge in [0.25, 0.3) is 0 Å². The zero-order valence-electron chi connectivity index (χ0n) is 9.53. The van der Waals surface area contributed by atoms with Gasteiger partial charge in [-0.2, -0.15) is 0 Å². The van der Waals surface area contributed by atoms with Crippen LogP contribution in [0.25, 0.3) is 0 Å². The Morgan fingerprint density at radius 2 is 1.00 bits per heavy atom. The summed E-state index contributed by atoms with van der Waals surface area (Å²) in [6, 6.07) is 18.8. The van der Waals surface area contributed by atoms with Crippen molar-refractivity contribution in [3.8, 4) is 0 Å². The van der Waals surface area contributed by atoms with E-state index in [-0.39, 0.29) is 0 Å². The normalized spacial score (nSPS) is 14.2. The standard InChI is InChI=1S/C15H16O2/c16-14(12-7-3-1-4-8-12)11-15(17)13-9-5-2-6-10-13/h1-10,14-17H,11H2/t14-,15?/m0/s1. The minimum Gasteiger partial charge on any atom is -0.388 e. The SMILES string of the molecule is OC(C[C@H](O)c1ccccc1)c1ccccc1. The predicted molar refractivity (Wildman–Crippen MR) is 67.4 cm³/mol. The van der Waals surface area contributed by atoms with E-state index in [0.29, 0.717) is 6.42 Å². The van der Waals surface area contributed by atoms with E-state index < -0.39 is 12.2 Å². The van der Waals surface area contributed by atoms with Gasteiger partial charge in [-0.05, 0) is 11.1 Å². The zero-order chi connectivity index (χ0) is 12.1. The third-order valence-corrected chi connectivity index (χ3v) is 2.82. The summed E-state index contributed by atoms with van der Waals surface area (Å²) in [6.45, 7) is 0. The van der Waals surface area contributed by atoms with Crippen LogP contribution < -0.4 is 0 Å². The summed E-state index contributed by atoms with van der Waals surface area (Å²) < 4.78 is 0. The van der Waals surface area contributed by atoms with Crippen LogP contribution in [0.15, 0.2) is 60.7 Å². The summed E-state index contributed by atoms with van der Waals surface area (Å²) in [4.78, 5) is 0. The number of hydrogen-bond acceptors (Lipinski definition) is 2. The van der Waals surface area contributed by atoms with Crippen LogP contribution in [-0.2, 0) is 0 Å². The molecule has 0 radical (unpaired) electrons. The van der Waals surface area contributed by atoms with E-state index in [4.69, 9.17) is 0 Å². The molecular weight excluding hydrogens is 212 g/mol. The van der Waals surface area contributed by atoms with Gasteiger partial charge in [0, 0.05) is 6.42 Å². The fraction of sp³-hybridized carbons (Fsp3) is 0.200. The first-order chi connectivity index (χ1) is 8.27. The van der Waals surface area contributed by atoms with Crippen molar-refractivity contribution in [1.29, 1.82) is 0 Å². The second kappa shape index (κ2) is 5.62. The van der Waals surface area contributed by atoms with Gasteiger partial charge in [-0.3, -0.25) is 0 Å². The first kappa shape index (κ1) is 11.8. The average Bonchev–Trinajstić information content (AvgIpc) is 2.40. The molecule has 88 valence electrons. The molecule has 0 aromatic heterocycles. The second-order valence-electron chi connectivity index (χ2n) is 4.09. The molecule has 0 aliphatic carbocycles. The van der Waals surface area contributed by atoms with Gasteiger partial charge in [-0.1, -0.05) is 60.7 Å². The van der Waals surface area contributed by atoms with Gasteiger partial charge < -0.3 is 10.2 Å². The molecule has 0 aliphatic rings. The Morgan fingerprint density at radius 1 is 0.647 bits per heavy atom. The summed E-state index contributed by atoms with van der Waals surface area (Å²) in [7, 11) is 0. The van der Waals surface area contributed by atoms with Crippen LogP contribution in [0.5, 0.6) is 0 Å². The minimum atomic E-state index is -0.633. The highest BCUT2D eigenvalue weighted by Crippen LogP contribution is 2.25. The number of aliphatic hydroxyl groups excluding tert-OH is 2.